The topological polar surface area (TPSA) is 69.2 Å². The van der Waals surface area contributed by atoms with E-state index >= 15 is 0 Å². The van der Waals surface area contributed by atoms with Crippen LogP contribution in [0.25, 0.3) is 0 Å². The van der Waals surface area contributed by atoms with E-state index in [-0.39, 0.29) is 23.3 Å². The van der Waals surface area contributed by atoms with Gasteiger partial charge in [-0.15, -0.1) is 0 Å². The maximum atomic E-state index is 12.2. The number of ether oxygens (including phenoxy) is 3. The lowest BCUT2D eigenvalue weighted by Crippen LogP contribution is -2.26. The summed E-state index contributed by atoms with van der Waals surface area (Å²) in [5.41, 5.74) is 5.54. The number of hydrogen-bond acceptors (Lipinski definition) is 5. The van der Waals surface area contributed by atoms with Crippen molar-refractivity contribution in [1.29, 1.82) is 0 Å². The largest absolute Gasteiger partial charge is 0.493 e. The second-order valence-electron chi connectivity index (χ2n) is 9.74. The molecule has 0 aliphatic rings. The van der Waals surface area contributed by atoms with E-state index in [0.717, 1.165) is 12.0 Å². The fourth-order valence-corrected chi connectivity index (χ4v) is 3.88. The van der Waals surface area contributed by atoms with Crippen molar-refractivity contribution in [1.82, 2.24) is 5.43 Å². The molecule has 0 unspecified atom stereocenters. The number of carbonyl (C=O) groups is 1. The van der Waals surface area contributed by atoms with E-state index in [1.807, 2.05) is 24.3 Å². The number of nitrogens with zero attached hydrogens (tertiary/aromatic N) is 1. The van der Waals surface area contributed by atoms with Crippen molar-refractivity contribution >= 4 is 11.6 Å². The van der Waals surface area contributed by atoms with Gasteiger partial charge < -0.3 is 14.2 Å². The zero-order valence-corrected chi connectivity index (χ0v) is 20.5. The molecule has 2 aromatic rings. The lowest BCUT2D eigenvalue weighted by atomic mass is 9.72. The zero-order chi connectivity index (χ0) is 23.9. The molecule has 1 amide bonds. The number of hydrogen-bond donors (Lipinski definition) is 1. The predicted molar refractivity (Wildman–Crippen MR) is 129 cm³/mol. The monoisotopic (exact) mass is 440 g/mol. The number of hydrazone groups is 1. The molecule has 2 rings (SSSR count). The van der Waals surface area contributed by atoms with Crippen LogP contribution >= 0.6 is 0 Å². The third-order valence-electron chi connectivity index (χ3n) is 5.13. The van der Waals surface area contributed by atoms with Gasteiger partial charge in [-0.05, 0) is 60.1 Å². The summed E-state index contributed by atoms with van der Waals surface area (Å²) in [4.78, 5) is 12.2. The van der Waals surface area contributed by atoms with Gasteiger partial charge in [-0.3, -0.25) is 4.79 Å². The minimum absolute atomic E-state index is 0.0601. The highest BCUT2D eigenvalue weighted by Gasteiger charge is 2.27. The molecule has 0 atom stereocenters. The minimum atomic E-state index is -0.332. The molecule has 0 saturated carbocycles. The summed E-state index contributed by atoms with van der Waals surface area (Å²) >= 11 is 0. The maximum Gasteiger partial charge on any atom is 0.277 e. The summed E-state index contributed by atoms with van der Waals surface area (Å²) in [7, 11) is 3.16. The molecule has 2 aromatic carbocycles. The van der Waals surface area contributed by atoms with Crippen LogP contribution in [0.1, 0.15) is 59.1 Å². The fourth-order valence-electron chi connectivity index (χ4n) is 3.88. The van der Waals surface area contributed by atoms with Crippen molar-refractivity contribution in [3.05, 3.63) is 53.6 Å². The van der Waals surface area contributed by atoms with Crippen molar-refractivity contribution in [2.24, 2.45) is 10.5 Å². The van der Waals surface area contributed by atoms with Crippen LogP contribution in [0.2, 0.25) is 0 Å². The molecule has 0 radical (unpaired) electrons. The number of carbonyl (C=O) groups excluding carboxylic acids is 1. The normalized spacial score (nSPS) is 12.3. The first-order valence-corrected chi connectivity index (χ1v) is 10.7. The van der Waals surface area contributed by atoms with Gasteiger partial charge in [-0.2, -0.15) is 5.10 Å². The lowest BCUT2D eigenvalue weighted by molar-refractivity contribution is -0.123. The van der Waals surface area contributed by atoms with Gasteiger partial charge in [0.25, 0.3) is 5.91 Å². The fraction of sp³-hybridized carbons (Fsp3) is 0.462. The maximum absolute atomic E-state index is 12.2. The molecule has 0 aliphatic carbocycles. The Morgan fingerprint density at radius 1 is 0.938 bits per heavy atom. The molecule has 0 bridgehead atoms. The highest BCUT2D eigenvalue weighted by molar-refractivity contribution is 5.99. The first-order chi connectivity index (χ1) is 14.9. The Morgan fingerprint density at radius 2 is 1.56 bits per heavy atom. The molecule has 174 valence electrons. The molecule has 0 fully saturated rings. The van der Waals surface area contributed by atoms with Crippen LogP contribution in [-0.4, -0.2) is 32.4 Å². The summed E-state index contributed by atoms with van der Waals surface area (Å²) < 4.78 is 16.2. The molecule has 0 heterocycles. The lowest BCUT2D eigenvalue weighted by Gasteiger charge is -2.33. The van der Waals surface area contributed by atoms with Gasteiger partial charge in [0.2, 0.25) is 0 Å². The molecule has 1 N–H and O–H groups in total. The second kappa shape index (κ2) is 10.5. The van der Waals surface area contributed by atoms with Gasteiger partial charge in [0, 0.05) is 5.56 Å². The third kappa shape index (κ3) is 7.29. The Balaban J connectivity index is 1.93. The van der Waals surface area contributed by atoms with Gasteiger partial charge in [0.15, 0.2) is 18.1 Å². The molecule has 32 heavy (non-hydrogen) atoms. The Morgan fingerprint density at radius 3 is 2.12 bits per heavy atom. The smallest absolute Gasteiger partial charge is 0.277 e. The molecule has 0 spiro atoms. The van der Waals surface area contributed by atoms with Crippen LogP contribution in [0.3, 0.4) is 0 Å². The average molecular weight is 441 g/mol. The van der Waals surface area contributed by atoms with Gasteiger partial charge in [-0.1, -0.05) is 46.8 Å². The van der Waals surface area contributed by atoms with Crippen molar-refractivity contribution < 1.29 is 19.0 Å². The molecule has 0 aliphatic heterocycles. The number of methoxy groups -OCH3 is 2. The van der Waals surface area contributed by atoms with E-state index < -0.39 is 0 Å². The molecule has 0 saturated heterocycles. The molecule has 6 heteroatoms. The standard InChI is InChI=1S/C26H36N2O4/c1-18(19-9-14-22(30-7)23(15-19)31-8)27-28-24(29)16-32-21-12-10-20(11-13-21)26(5,6)17-25(2,3)4/h9-15H,16-17H2,1-8H3,(H,28,29)/b27-18-. The molecule has 0 aromatic heterocycles. The molecular formula is C26H36N2O4. The van der Waals surface area contributed by atoms with Crippen LogP contribution < -0.4 is 19.6 Å². The number of benzene rings is 2. The molecule has 6 nitrogen and oxygen atoms in total. The number of rotatable bonds is 9. The summed E-state index contributed by atoms with van der Waals surface area (Å²) in [6.07, 6.45) is 1.07. The van der Waals surface area contributed by atoms with Crippen LogP contribution in [0.5, 0.6) is 17.2 Å². The number of nitrogens with one attached hydrogen (secondary N) is 1. The Hall–Kier alpha value is -3.02. The molecular weight excluding hydrogens is 404 g/mol. The van der Waals surface area contributed by atoms with Gasteiger partial charge in [0.1, 0.15) is 5.75 Å². The average Bonchev–Trinajstić information content (AvgIpc) is 2.74. The van der Waals surface area contributed by atoms with Gasteiger partial charge >= 0.3 is 0 Å². The highest BCUT2D eigenvalue weighted by atomic mass is 16.5. The van der Waals surface area contributed by atoms with Crippen LogP contribution in [0.4, 0.5) is 0 Å². The van der Waals surface area contributed by atoms with E-state index in [2.05, 4.69) is 57.3 Å². The van der Waals surface area contributed by atoms with Crippen molar-refractivity contribution in [3.8, 4) is 17.2 Å². The Kier molecular flexibility index (Phi) is 8.31. The van der Waals surface area contributed by atoms with E-state index in [0.29, 0.717) is 23.0 Å². The Labute approximate surface area is 192 Å². The van der Waals surface area contributed by atoms with E-state index in [4.69, 9.17) is 14.2 Å². The van der Waals surface area contributed by atoms with Crippen LogP contribution in [0.15, 0.2) is 47.6 Å². The first-order valence-electron chi connectivity index (χ1n) is 10.7. The van der Waals surface area contributed by atoms with Crippen molar-refractivity contribution in [2.45, 2.75) is 53.4 Å². The highest BCUT2D eigenvalue weighted by Crippen LogP contribution is 2.36. The van der Waals surface area contributed by atoms with Gasteiger partial charge in [-0.25, -0.2) is 5.43 Å². The third-order valence-corrected chi connectivity index (χ3v) is 5.13. The van der Waals surface area contributed by atoms with E-state index in [1.165, 1.54) is 5.56 Å². The second-order valence-corrected chi connectivity index (χ2v) is 9.74. The van der Waals surface area contributed by atoms with Crippen molar-refractivity contribution in [2.75, 3.05) is 20.8 Å². The van der Waals surface area contributed by atoms with Crippen molar-refractivity contribution in [3.63, 3.8) is 0 Å². The predicted octanol–water partition coefficient (Wildman–Crippen LogP) is 5.34. The van der Waals surface area contributed by atoms with E-state index in [9.17, 15) is 4.79 Å². The summed E-state index contributed by atoms with van der Waals surface area (Å²) in [6.45, 7) is 12.9. The SMILES string of the molecule is COc1ccc(/C(C)=N\NC(=O)COc2ccc(C(C)(C)CC(C)(C)C)cc2)cc1OC. The quantitative estimate of drug-likeness (QED) is 0.422. The first kappa shape index (κ1) is 25.2. The zero-order valence-electron chi connectivity index (χ0n) is 20.5. The van der Waals surface area contributed by atoms with Crippen LogP contribution in [0, 0.1) is 5.41 Å². The van der Waals surface area contributed by atoms with Crippen LogP contribution in [-0.2, 0) is 10.2 Å². The number of amides is 1. The van der Waals surface area contributed by atoms with Gasteiger partial charge in [0.05, 0.1) is 19.9 Å². The minimum Gasteiger partial charge on any atom is -0.493 e. The summed E-state index contributed by atoms with van der Waals surface area (Å²) in [5.74, 6) is 1.55. The van der Waals surface area contributed by atoms with E-state index in [1.54, 1.807) is 27.2 Å². The summed E-state index contributed by atoms with van der Waals surface area (Å²) in [5, 5.41) is 4.16. The summed E-state index contributed by atoms with van der Waals surface area (Å²) in [6, 6.07) is 13.4. The Bertz CT molecular complexity index is 941.